The van der Waals surface area contributed by atoms with Gasteiger partial charge in [-0.15, -0.1) is 0 Å². The number of hydrogen-bond acceptors (Lipinski definition) is 2. The van der Waals surface area contributed by atoms with Crippen LogP contribution in [-0.4, -0.2) is 25.0 Å². The summed E-state index contributed by atoms with van der Waals surface area (Å²) in [6, 6.07) is 0.292. The summed E-state index contributed by atoms with van der Waals surface area (Å²) < 4.78 is 0. The lowest BCUT2D eigenvalue weighted by Gasteiger charge is -2.11. The van der Waals surface area contributed by atoms with E-state index >= 15 is 0 Å². The lowest BCUT2D eigenvalue weighted by atomic mass is 10.2. The third kappa shape index (κ3) is 7.78. The Labute approximate surface area is 81.3 Å². The molecule has 0 saturated heterocycles. The van der Waals surface area contributed by atoms with Gasteiger partial charge in [-0.1, -0.05) is 20.3 Å². The van der Waals surface area contributed by atoms with Crippen molar-refractivity contribution in [2.24, 2.45) is 0 Å². The molecule has 3 heteroatoms. The monoisotopic (exact) mass is 186 g/mol. The summed E-state index contributed by atoms with van der Waals surface area (Å²) in [6.45, 7) is 7.61. The maximum atomic E-state index is 11.2. The zero-order chi connectivity index (χ0) is 10.1. The van der Waals surface area contributed by atoms with E-state index < -0.39 is 0 Å². The summed E-state index contributed by atoms with van der Waals surface area (Å²) >= 11 is 0. The fraction of sp³-hybridized carbons (Fsp3) is 0.900. The summed E-state index contributed by atoms with van der Waals surface area (Å²) in [6.07, 6.45) is 3.29. The van der Waals surface area contributed by atoms with Gasteiger partial charge in [-0.2, -0.15) is 0 Å². The van der Waals surface area contributed by atoms with Crippen LogP contribution in [0.4, 0.5) is 0 Å². The van der Waals surface area contributed by atoms with Crippen LogP contribution in [0.1, 0.15) is 40.0 Å². The first-order chi connectivity index (χ1) is 6.20. The summed E-state index contributed by atoms with van der Waals surface area (Å²) in [5, 5.41) is 6.01. The van der Waals surface area contributed by atoms with Gasteiger partial charge in [0.15, 0.2) is 0 Å². The van der Waals surface area contributed by atoms with Crippen molar-refractivity contribution in [2.75, 3.05) is 13.1 Å². The third-order valence-corrected chi connectivity index (χ3v) is 2.01. The van der Waals surface area contributed by atoms with E-state index in [9.17, 15) is 4.79 Å². The quantitative estimate of drug-likeness (QED) is 0.588. The second-order valence-corrected chi connectivity index (χ2v) is 3.41. The Balaban J connectivity index is 3.30. The second kappa shape index (κ2) is 8.05. The lowest BCUT2D eigenvalue weighted by Crippen LogP contribution is -2.38. The Morgan fingerprint density at radius 2 is 2.08 bits per heavy atom. The van der Waals surface area contributed by atoms with Gasteiger partial charge in [0, 0.05) is 6.04 Å². The van der Waals surface area contributed by atoms with E-state index in [1.807, 2.05) is 6.92 Å². The van der Waals surface area contributed by atoms with Gasteiger partial charge in [-0.25, -0.2) is 0 Å². The number of nitrogens with one attached hydrogen (secondary N) is 2. The van der Waals surface area contributed by atoms with Crippen LogP contribution in [0.25, 0.3) is 0 Å². The van der Waals surface area contributed by atoms with E-state index in [1.54, 1.807) is 0 Å². The van der Waals surface area contributed by atoms with Crippen LogP contribution in [0, 0.1) is 0 Å². The lowest BCUT2D eigenvalue weighted by molar-refractivity contribution is -0.120. The smallest absolute Gasteiger partial charge is 0.234 e. The minimum atomic E-state index is 0.102. The predicted molar refractivity (Wildman–Crippen MR) is 55.7 cm³/mol. The highest BCUT2D eigenvalue weighted by Crippen LogP contribution is 1.86. The molecule has 3 nitrogen and oxygen atoms in total. The fourth-order valence-electron chi connectivity index (χ4n) is 0.932. The molecule has 2 N–H and O–H groups in total. The van der Waals surface area contributed by atoms with Gasteiger partial charge in [-0.3, -0.25) is 4.79 Å². The topological polar surface area (TPSA) is 41.1 Å². The van der Waals surface area contributed by atoms with Crippen molar-refractivity contribution in [1.82, 2.24) is 10.6 Å². The van der Waals surface area contributed by atoms with Gasteiger partial charge < -0.3 is 10.6 Å². The average Bonchev–Trinajstić information content (AvgIpc) is 2.12. The first-order valence-corrected chi connectivity index (χ1v) is 5.20. The standard InChI is InChI=1S/C10H22N2O/c1-4-6-7-11-8-10(13)12-9(3)5-2/h9,11H,4-8H2,1-3H3,(H,12,13). The van der Waals surface area contributed by atoms with E-state index in [0.717, 1.165) is 19.4 Å². The maximum absolute atomic E-state index is 11.2. The molecule has 1 amide bonds. The van der Waals surface area contributed by atoms with Gasteiger partial charge in [0.1, 0.15) is 0 Å². The Morgan fingerprint density at radius 1 is 1.38 bits per heavy atom. The molecule has 0 heterocycles. The minimum absolute atomic E-state index is 0.102. The number of carbonyl (C=O) groups is 1. The van der Waals surface area contributed by atoms with Gasteiger partial charge in [0.2, 0.25) is 5.91 Å². The van der Waals surface area contributed by atoms with Gasteiger partial charge >= 0.3 is 0 Å². The van der Waals surface area contributed by atoms with Crippen LogP contribution in [0.3, 0.4) is 0 Å². The Kier molecular flexibility index (Phi) is 7.69. The van der Waals surface area contributed by atoms with Crippen LogP contribution in [0.5, 0.6) is 0 Å². The zero-order valence-corrected chi connectivity index (χ0v) is 9.02. The molecule has 78 valence electrons. The average molecular weight is 186 g/mol. The highest BCUT2D eigenvalue weighted by molar-refractivity contribution is 5.78. The van der Waals surface area contributed by atoms with Crippen molar-refractivity contribution < 1.29 is 4.79 Å². The van der Waals surface area contributed by atoms with E-state index in [0.29, 0.717) is 12.6 Å². The Bertz CT molecular complexity index is 137. The largest absolute Gasteiger partial charge is 0.353 e. The maximum Gasteiger partial charge on any atom is 0.234 e. The number of rotatable bonds is 7. The van der Waals surface area contributed by atoms with Crippen LogP contribution in [-0.2, 0) is 4.79 Å². The zero-order valence-electron chi connectivity index (χ0n) is 9.02. The molecule has 0 fully saturated rings. The molecule has 0 aromatic rings. The van der Waals surface area contributed by atoms with Crippen LogP contribution < -0.4 is 10.6 Å². The van der Waals surface area contributed by atoms with Crippen LogP contribution >= 0.6 is 0 Å². The molecule has 1 unspecified atom stereocenters. The first kappa shape index (κ1) is 12.4. The molecular formula is C10H22N2O. The number of carbonyl (C=O) groups excluding carboxylic acids is 1. The molecule has 0 saturated carbocycles. The summed E-state index contributed by atoms with van der Waals surface area (Å²) in [5.74, 6) is 0.102. The van der Waals surface area contributed by atoms with Gasteiger partial charge in [-0.05, 0) is 26.3 Å². The van der Waals surface area contributed by atoms with Crippen molar-refractivity contribution in [3.05, 3.63) is 0 Å². The normalized spacial score (nSPS) is 12.5. The molecule has 0 aromatic heterocycles. The SMILES string of the molecule is CCCCNCC(=O)NC(C)CC. The van der Waals surface area contributed by atoms with Crippen molar-refractivity contribution >= 4 is 5.91 Å². The van der Waals surface area contributed by atoms with E-state index in [4.69, 9.17) is 0 Å². The van der Waals surface area contributed by atoms with Crippen molar-refractivity contribution in [2.45, 2.75) is 46.1 Å². The molecule has 0 rings (SSSR count). The Morgan fingerprint density at radius 3 is 2.62 bits per heavy atom. The number of amides is 1. The molecule has 0 bridgehead atoms. The van der Waals surface area contributed by atoms with Crippen LogP contribution in [0.2, 0.25) is 0 Å². The van der Waals surface area contributed by atoms with E-state index in [-0.39, 0.29) is 5.91 Å². The van der Waals surface area contributed by atoms with E-state index in [2.05, 4.69) is 24.5 Å². The van der Waals surface area contributed by atoms with Crippen molar-refractivity contribution in [3.8, 4) is 0 Å². The molecule has 13 heavy (non-hydrogen) atoms. The van der Waals surface area contributed by atoms with E-state index in [1.165, 1.54) is 6.42 Å². The molecule has 0 aliphatic rings. The Hall–Kier alpha value is -0.570. The van der Waals surface area contributed by atoms with Crippen LogP contribution in [0.15, 0.2) is 0 Å². The summed E-state index contributed by atoms with van der Waals surface area (Å²) in [5.41, 5.74) is 0. The fourth-order valence-corrected chi connectivity index (χ4v) is 0.932. The highest BCUT2D eigenvalue weighted by Gasteiger charge is 2.03. The minimum Gasteiger partial charge on any atom is -0.353 e. The van der Waals surface area contributed by atoms with Crippen molar-refractivity contribution in [3.63, 3.8) is 0 Å². The molecule has 0 aliphatic carbocycles. The second-order valence-electron chi connectivity index (χ2n) is 3.41. The number of unbranched alkanes of at least 4 members (excludes halogenated alkanes) is 1. The molecule has 0 spiro atoms. The highest BCUT2D eigenvalue weighted by atomic mass is 16.1. The molecule has 0 aliphatic heterocycles. The molecular weight excluding hydrogens is 164 g/mol. The molecule has 1 atom stereocenters. The number of hydrogen-bond donors (Lipinski definition) is 2. The molecule has 0 aromatic carbocycles. The van der Waals surface area contributed by atoms with Gasteiger partial charge in [0.25, 0.3) is 0 Å². The molecule has 0 radical (unpaired) electrons. The van der Waals surface area contributed by atoms with Gasteiger partial charge in [0.05, 0.1) is 6.54 Å². The summed E-state index contributed by atoms with van der Waals surface area (Å²) in [4.78, 5) is 11.2. The van der Waals surface area contributed by atoms with Crippen molar-refractivity contribution in [1.29, 1.82) is 0 Å². The summed E-state index contributed by atoms with van der Waals surface area (Å²) in [7, 11) is 0. The third-order valence-electron chi connectivity index (χ3n) is 2.01. The first-order valence-electron chi connectivity index (χ1n) is 5.20. The predicted octanol–water partition coefficient (Wildman–Crippen LogP) is 1.29.